The van der Waals surface area contributed by atoms with Gasteiger partial charge in [0.2, 0.25) is 5.91 Å². The Kier molecular flexibility index (Phi) is 5.81. The van der Waals surface area contributed by atoms with Gasteiger partial charge in [-0.15, -0.1) is 0 Å². The van der Waals surface area contributed by atoms with Crippen LogP contribution in [0.5, 0.6) is 0 Å². The van der Waals surface area contributed by atoms with E-state index < -0.39 is 11.9 Å². The molecule has 0 unspecified atom stereocenters. The molecule has 156 valence electrons. The quantitative estimate of drug-likeness (QED) is 0.663. The number of amides is 2. The Morgan fingerprint density at radius 2 is 1.66 bits per heavy atom. The van der Waals surface area contributed by atoms with E-state index in [0.29, 0.717) is 28.5 Å². The van der Waals surface area contributed by atoms with Gasteiger partial charge in [-0.2, -0.15) is 0 Å². The van der Waals surface area contributed by atoms with E-state index in [1.165, 1.54) is 19.3 Å². The van der Waals surface area contributed by atoms with Gasteiger partial charge in [0.15, 0.2) is 6.61 Å². The van der Waals surface area contributed by atoms with Crippen LogP contribution in [0.15, 0.2) is 24.3 Å². The number of carbonyl (C=O) groups is 3. The number of carbonyl (C=O) groups excluding carboxylic acids is 3. The van der Waals surface area contributed by atoms with Crippen molar-refractivity contribution < 1.29 is 19.1 Å². The predicted octanol–water partition coefficient (Wildman–Crippen LogP) is 3.54. The summed E-state index contributed by atoms with van der Waals surface area (Å²) in [4.78, 5) is 36.7. The first-order chi connectivity index (χ1) is 13.9. The van der Waals surface area contributed by atoms with Gasteiger partial charge < -0.3 is 15.4 Å². The Bertz CT molecular complexity index is 774. The molecule has 1 aromatic carbocycles. The number of esters is 1. The summed E-state index contributed by atoms with van der Waals surface area (Å²) in [6.45, 7) is -0.140. The van der Waals surface area contributed by atoms with E-state index in [2.05, 4.69) is 10.6 Å². The highest BCUT2D eigenvalue weighted by atomic mass is 35.5. The Morgan fingerprint density at radius 3 is 2.28 bits per heavy atom. The summed E-state index contributed by atoms with van der Waals surface area (Å²) in [6.07, 6.45) is 6.91. The normalized spacial score (nSPS) is 29.3. The second kappa shape index (κ2) is 8.34. The number of nitrogens with one attached hydrogen (secondary N) is 2. The number of hydrogen-bond donors (Lipinski definition) is 2. The van der Waals surface area contributed by atoms with Gasteiger partial charge in [0.05, 0.1) is 17.1 Å². The molecule has 7 heteroatoms. The van der Waals surface area contributed by atoms with Gasteiger partial charge in [-0.05, 0) is 68.4 Å². The van der Waals surface area contributed by atoms with Gasteiger partial charge in [-0.25, -0.2) is 0 Å². The Hall–Kier alpha value is -2.08. The molecule has 1 aromatic rings. The largest absolute Gasteiger partial charge is 0.456 e. The summed E-state index contributed by atoms with van der Waals surface area (Å²) in [5.41, 5.74) is 0.256. The summed E-state index contributed by atoms with van der Waals surface area (Å²) < 4.78 is 5.00. The number of anilines is 1. The molecule has 0 aliphatic heterocycles. The van der Waals surface area contributed by atoms with Crippen molar-refractivity contribution in [3.8, 4) is 0 Å². The molecule has 4 fully saturated rings. The van der Waals surface area contributed by atoms with Crippen molar-refractivity contribution in [2.24, 2.45) is 23.2 Å². The number of halogens is 1. The van der Waals surface area contributed by atoms with Crippen LogP contribution in [0.25, 0.3) is 0 Å². The maximum absolute atomic E-state index is 12.8. The average Bonchev–Trinajstić information content (AvgIpc) is 2.67. The van der Waals surface area contributed by atoms with Crippen LogP contribution in [-0.4, -0.2) is 30.9 Å². The van der Waals surface area contributed by atoms with E-state index in [1.807, 2.05) is 0 Å². The Morgan fingerprint density at radius 1 is 1.03 bits per heavy atom. The van der Waals surface area contributed by atoms with Crippen LogP contribution < -0.4 is 10.6 Å². The van der Waals surface area contributed by atoms with Crippen LogP contribution in [0, 0.1) is 23.2 Å². The van der Waals surface area contributed by atoms with Crippen LogP contribution in [0.1, 0.15) is 44.9 Å². The van der Waals surface area contributed by atoms with Gasteiger partial charge in [0, 0.05) is 12.0 Å². The van der Waals surface area contributed by atoms with Crippen molar-refractivity contribution in [3.63, 3.8) is 0 Å². The third-order valence-electron chi connectivity index (χ3n) is 6.65. The summed E-state index contributed by atoms with van der Waals surface area (Å²) in [7, 11) is 0. The molecule has 2 amide bonds. The van der Waals surface area contributed by atoms with Crippen molar-refractivity contribution >= 4 is 35.1 Å². The molecule has 4 aliphatic rings. The highest BCUT2D eigenvalue weighted by Gasteiger charge is 2.54. The van der Waals surface area contributed by atoms with E-state index in [1.54, 1.807) is 24.3 Å². The van der Waals surface area contributed by atoms with E-state index >= 15 is 0 Å². The first kappa shape index (κ1) is 20.2. The standard InChI is InChI=1S/C22H27ClN2O4/c23-17-3-1-2-4-18(17)25-19(26)13-29-20(27)5-6-24-21(28)22-10-14-7-15(11-22)9-16(8-14)12-22/h1-4,14-16H,5-13H2,(H,24,28)(H,25,26). The summed E-state index contributed by atoms with van der Waals surface area (Å²) in [6, 6.07) is 6.84. The number of hydrogen-bond acceptors (Lipinski definition) is 4. The molecule has 5 rings (SSSR count). The van der Waals surface area contributed by atoms with Gasteiger partial charge in [-0.3, -0.25) is 14.4 Å². The fraction of sp³-hybridized carbons (Fsp3) is 0.591. The third kappa shape index (κ3) is 4.58. The van der Waals surface area contributed by atoms with E-state index in [-0.39, 0.29) is 30.9 Å². The van der Waals surface area contributed by atoms with E-state index in [4.69, 9.17) is 16.3 Å². The molecule has 2 N–H and O–H groups in total. The van der Waals surface area contributed by atoms with Gasteiger partial charge in [-0.1, -0.05) is 23.7 Å². The molecular formula is C22H27ClN2O4. The molecule has 4 bridgehead atoms. The number of rotatable bonds is 7. The first-order valence-electron chi connectivity index (χ1n) is 10.4. The van der Waals surface area contributed by atoms with Crippen LogP contribution >= 0.6 is 11.6 Å². The maximum atomic E-state index is 12.8. The van der Waals surface area contributed by atoms with E-state index in [0.717, 1.165) is 19.3 Å². The predicted molar refractivity (Wildman–Crippen MR) is 109 cm³/mol. The Balaban J connectivity index is 1.17. The molecule has 29 heavy (non-hydrogen) atoms. The van der Waals surface area contributed by atoms with Crippen molar-refractivity contribution in [2.45, 2.75) is 44.9 Å². The van der Waals surface area contributed by atoms with Crippen molar-refractivity contribution in [1.29, 1.82) is 0 Å². The zero-order valence-corrected chi connectivity index (χ0v) is 17.2. The lowest BCUT2D eigenvalue weighted by molar-refractivity contribution is -0.148. The van der Waals surface area contributed by atoms with E-state index in [9.17, 15) is 14.4 Å². The second-order valence-corrected chi connectivity index (χ2v) is 9.30. The van der Waals surface area contributed by atoms with Crippen molar-refractivity contribution in [2.75, 3.05) is 18.5 Å². The van der Waals surface area contributed by atoms with Crippen LogP contribution in [0.2, 0.25) is 5.02 Å². The zero-order chi connectivity index (χ0) is 20.4. The molecule has 0 heterocycles. The number of ether oxygens (including phenoxy) is 1. The average molecular weight is 419 g/mol. The van der Waals surface area contributed by atoms with Crippen LogP contribution in [0.4, 0.5) is 5.69 Å². The summed E-state index contributed by atoms with van der Waals surface area (Å²) in [5.74, 6) is 1.24. The second-order valence-electron chi connectivity index (χ2n) is 8.89. The molecule has 4 aliphatic carbocycles. The van der Waals surface area contributed by atoms with Gasteiger partial charge >= 0.3 is 5.97 Å². The number of para-hydroxylation sites is 1. The molecule has 0 spiro atoms. The SMILES string of the molecule is O=C(COC(=O)CCNC(=O)C12CC3CC(CC(C3)C1)C2)Nc1ccccc1Cl. The highest BCUT2D eigenvalue weighted by Crippen LogP contribution is 2.60. The van der Waals surface area contributed by atoms with Crippen LogP contribution in [-0.2, 0) is 19.1 Å². The minimum Gasteiger partial charge on any atom is -0.456 e. The first-order valence-corrected chi connectivity index (χ1v) is 10.8. The smallest absolute Gasteiger partial charge is 0.308 e. The van der Waals surface area contributed by atoms with Crippen LogP contribution in [0.3, 0.4) is 0 Å². The topological polar surface area (TPSA) is 84.5 Å². The summed E-state index contributed by atoms with van der Waals surface area (Å²) in [5, 5.41) is 5.96. The fourth-order valence-corrected chi connectivity index (χ4v) is 6.00. The Labute approximate surface area is 175 Å². The lowest BCUT2D eigenvalue weighted by Gasteiger charge is -2.55. The van der Waals surface area contributed by atoms with Crippen molar-refractivity contribution in [3.05, 3.63) is 29.3 Å². The fourth-order valence-electron chi connectivity index (χ4n) is 5.82. The molecule has 4 saturated carbocycles. The molecular weight excluding hydrogens is 392 g/mol. The minimum atomic E-state index is -0.509. The van der Waals surface area contributed by atoms with Gasteiger partial charge in [0.25, 0.3) is 5.91 Å². The lowest BCUT2D eigenvalue weighted by atomic mass is 9.49. The van der Waals surface area contributed by atoms with Crippen molar-refractivity contribution in [1.82, 2.24) is 5.32 Å². The molecule has 0 atom stereocenters. The maximum Gasteiger partial charge on any atom is 0.308 e. The molecule has 0 aromatic heterocycles. The summed E-state index contributed by atoms with van der Waals surface area (Å²) >= 11 is 5.98. The third-order valence-corrected chi connectivity index (χ3v) is 6.98. The monoisotopic (exact) mass is 418 g/mol. The highest BCUT2D eigenvalue weighted by molar-refractivity contribution is 6.33. The zero-order valence-electron chi connectivity index (χ0n) is 16.4. The lowest BCUT2D eigenvalue weighted by Crippen LogP contribution is -2.53. The molecule has 6 nitrogen and oxygen atoms in total. The van der Waals surface area contributed by atoms with Gasteiger partial charge in [0.1, 0.15) is 0 Å². The molecule has 0 radical (unpaired) electrons. The minimum absolute atomic E-state index is 0.0531. The molecule has 0 saturated heterocycles. The number of benzene rings is 1.